The second kappa shape index (κ2) is 8.43. The van der Waals surface area contributed by atoms with Crippen molar-refractivity contribution in [2.75, 3.05) is 13.1 Å². The fourth-order valence-electron chi connectivity index (χ4n) is 3.93. The molecule has 0 unspecified atom stereocenters. The van der Waals surface area contributed by atoms with Crippen LogP contribution in [-0.2, 0) is 6.16 Å². The molecule has 0 bridgehead atoms. The Morgan fingerprint density at radius 1 is 0.600 bits per heavy atom. The first-order valence-corrected chi connectivity index (χ1v) is 11.4. The molecule has 0 aromatic heterocycles. The Balaban J connectivity index is 2.23. The van der Waals surface area contributed by atoms with Gasteiger partial charge in [-0.1, -0.05) is 0 Å². The molecule has 3 rings (SSSR count). The first kappa shape index (κ1) is 17.9. The standard InChI is InChI=1S/C23H28NP/c1-3-24(4-2)25(22-16-10-6-11-17-22,23-18-12-7-13-19-23)20-21-14-8-5-9-15-21/h5-19,25H,3-4,20H2,1-2H3. The average molecular weight is 349 g/mol. The molecule has 3 aromatic rings. The topological polar surface area (TPSA) is 3.24 Å². The van der Waals surface area contributed by atoms with Gasteiger partial charge in [0.2, 0.25) is 0 Å². The Bertz CT molecular complexity index is 712. The molecule has 0 radical (unpaired) electrons. The van der Waals surface area contributed by atoms with Gasteiger partial charge in [-0.2, -0.15) is 0 Å². The van der Waals surface area contributed by atoms with Gasteiger partial charge in [0.05, 0.1) is 0 Å². The van der Waals surface area contributed by atoms with Gasteiger partial charge in [0.15, 0.2) is 0 Å². The molecular formula is C23H28NP. The molecular weight excluding hydrogens is 321 g/mol. The van der Waals surface area contributed by atoms with Gasteiger partial charge in [-0.15, -0.1) is 0 Å². The summed E-state index contributed by atoms with van der Waals surface area (Å²) in [5, 5.41) is 2.99. The zero-order valence-corrected chi connectivity index (χ0v) is 16.2. The fourth-order valence-corrected chi connectivity index (χ4v) is 9.02. The van der Waals surface area contributed by atoms with Gasteiger partial charge < -0.3 is 0 Å². The summed E-state index contributed by atoms with van der Waals surface area (Å²) in [7, 11) is -2.08. The predicted octanol–water partition coefficient (Wildman–Crippen LogP) is 4.84. The minimum absolute atomic E-state index is 1.07. The summed E-state index contributed by atoms with van der Waals surface area (Å²) in [6.07, 6.45) is 1.10. The van der Waals surface area contributed by atoms with E-state index in [1.165, 1.54) is 16.2 Å². The molecule has 0 saturated carbocycles. The van der Waals surface area contributed by atoms with E-state index in [2.05, 4.69) is 110 Å². The van der Waals surface area contributed by atoms with Gasteiger partial charge >= 0.3 is 152 Å². The van der Waals surface area contributed by atoms with Crippen molar-refractivity contribution >= 4 is 18.0 Å². The molecule has 0 amide bonds. The van der Waals surface area contributed by atoms with Crippen molar-refractivity contribution in [2.45, 2.75) is 20.0 Å². The normalized spacial score (nSPS) is 12.3. The van der Waals surface area contributed by atoms with Crippen LogP contribution in [0, 0.1) is 0 Å². The van der Waals surface area contributed by atoms with Crippen molar-refractivity contribution < 1.29 is 0 Å². The van der Waals surface area contributed by atoms with Crippen LogP contribution in [0.2, 0.25) is 0 Å². The molecule has 25 heavy (non-hydrogen) atoms. The van der Waals surface area contributed by atoms with Crippen molar-refractivity contribution in [1.82, 2.24) is 4.67 Å². The zero-order chi connectivity index (χ0) is 17.5. The maximum atomic E-state index is 2.73. The molecule has 2 heteroatoms. The fraction of sp³-hybridized carbons (Fsp3) is 0.217. The van der Waals surface area contributed by atoms with E-state index >= 15 is 0 Å². The molecule has 0 atom stereocenters. The Morgan fingerprint density at radius 2 is 1.00 bits per heavy atom. The van der Waals surface area contributed by atoms with E-state index in [1.807, 2.05) is 0 Å². The molecule has 0 fully saturated rings. The predicted molar refractivity (Wildman–Crippen MR) is 114 cm³/mol. The Kier molecular flexibility index (Phi) is 6.02. The summed E-state index contributed by atoms with van der Waals surface area (Å²) in [4.78, 5) is 0. The SMILES string of the molecule is CCN(CC)[PH](Cc1ccccc1)(c1ccccc1)c1ccccc1. The van der Waals surface area contributed by atoms with E-state index in [9.17, 15) is 0 Å². The molecule has 0 saturated heterocycles. The van der Waals surface area contributed by atoms with Crippen LogP contribution in [0.5, 0.6) is 0 Å². The second-order valence-corrected chi connectivity index (χ2v) is 10.3. The number of benzene rings is 3. The number of nitrogens with zero attached hydrogens (tertiary/aromatic N) is 1. The van der Waals surface area contributed by atoms with Crippen LogP contribution in [0.4, 0.5) is 0 Å². The van der Waals surface area contributed by atoms with Crippen molar-refractivity contribution in [1.29, 1.82) is 0 Å². The third-order valence-corrected chi connectivity index (χ3v) is 10.3. The molecule has 0 spiro atoms. The molecule has 0 N–H and O–H groups in total. The van der Waals surface area contributed by atoms with Crippen molar-refractivity contribution in [3.05, 3.63) is 96.6 Å². The molecule has 0 heterocycles. The summed E-state index contributed by atoms with van der Waals surface area (Å²) >= 11 is 0. The molecule has 0 aliphatic rings. The van der Waals surface area contributed by atoms with E-state index in [0.717, 1.165) is 19.3 Å². The monoisotopic (exact) mass is 349 g/mol. The maximum absolute atomic E-state index is 2.73. The van der Waals surface area contributed by atoms with Gasteiger partial charge in [-0.3, -0.25) is 0 Å². The zero-order valence-electron chi connectivity index (χ0n) is 15.2. The van der Waals surface area contributed by atoms with Gasteiger partial charge in [-0.05, 0) is 0 Å². The Labute approximate surface area is 152 Å². The third kappa shape index (κ3) is 3.68. The van der Waals surface area contributed by atoms with Crippen molar-refractivity contribution in [2.24, 2.45) is 0 Å². The summed E-state index contributed by atoms with van der Waals surface area (Å²) < 4.78 is 2.73. The van der Waals surface area contributed by atoms with Gasteiger partial charge in [0.25, 0.3) is 0 Å². The summed E-state index contributed by atoms with van der Waals surface area (Å²) in [5.74, 6) is 0. The third-order valence-electron chi connectivity index (χ3n) is 5.11. The Hall–Kier alpha value is -1.95. The molecule has 1 nitrogen and oxygen atoms in total. The number of hydrogen-bond acceptors (Lipinski definition) is 1. The van der Waals surface area contributed by atoms with E-state index in [1.54, 1.807) is 0 Å². The average Bonchev–Trinajstić information content (AvgIpc) is 2.70. The van der Waals surface area contributed by atoms with Crippen molar-refractivity contribution in [3.63, 3.8) is 0 Å². The second-order valence-electron chi connectivity index (χ2n) is 6.43. The minimum atomic E-state index is -2.08. The van der Waals surface area contributed by atoms with E-state index in [-0.39, 0.29) is 0 Å². The summed E-state index contributed by atoms with van der Waals surface area (Å²) in [5.41, 5.74) is 1.42. The molecule has 0 aliphatic heterocycles. The summed E-state index contributed by atoms with van der Waals surface area (Å²) in [6, 6.07) is 33.3. The van der Waals surface area contributed by atoms with Crippen LogP contribution in [0.3, 0.4) is 0 Å². The Morgan fingerprint density at radius 3 is 1.40 bits per heavy atom. The van der Waals surface area contributed by atoms with Crippen LogP contribution < -0.4 is 10.6 Å². The van der Waals surface area contributed by atoms with Gasteiger partial charge in [-0.25, -0.2) is 0 Å². The quantitative estimate of drug-likeness (QED) is 0.552. The van der Waals surface area contributed by atoms with Crippen LogP contribution >= 0.6 is 7.41 Å². The summed E-state index contributed by atoms with van der Waals surface area (Å²) in [6.45, 7) is 6.73. The molecule has 130 valence electrons. The van der Waals surface area contributed by atoms with Crippen LogP contribution in [0.25, 0.3) is 0 Å². The number of hydrogen-bond donors (Lipinski definition) is 0. The van der Waals surface area contributed by atoms with Crippen LogP contribution in [-0.4, -0.2) is 17.8 Å². The van der Waals surface area contributed by atoms with Crippen molar-refractivity contribution in [3.8, 4) is 0 Å². The first-order chi connectivity index (χ1) is 12.3. The molecule has 3 aromatic carbocycles. The van der Waals surface area contributed by atoms with Crippen LogP contribution in [0.1, 0.15) is 19.4 Å². The number of rotatable bonds is 7. The van der Waals surface area contributed by atoms with Gasteiger partial charge in [0.1, 0.15) is 0 Å². The first-order valence-electron chi connectivity index (χ1n) is 9.21. The van der Waals surface area contributed by atoms with E-state index in [0.29, 0.717) is 0 Å². The van der Waals surface area contributed by atoms with E-state index in [4.69, 9.17) is 0 Å². The van der Waals surface area contributed by atoms with Gasteiger partial charge in [0, 0.05) is 0 Å². The van der Waals surface area contributed by atoms with E-state index < -0.39 is 7.41 Å². The molecule has 0 aliphatic carbocycles. The van der Waals surface area contributed by atoms with Crippen LogP contribution in [0.15, 0.2) is 91.0 Å².